The average molecular weight is 324 g/mol. The van der Waals surface area contributed by atoms with Gasteiger partial charge >= 0.3 is 5.66 Å². The fourth-order valence-corrected chi connectivity index (χ4v) is 6.79. The maximum absolute atomic E-state index is 2.70. The first-order valence-electron chi connectivity index (χ1n) is 9.56. The predicted octanol–water partition coefficient (Wildman–Crippen LogP) is 3.17. The highest BCUT2D eigenvalue weighted by molar-refractivity contribution is 5.66. The van der Waals surface area contributed by atoms with Gasteiger partial charge in [-0.15, -0.1) is 9.13 Å². The van der Waals surface area contributed by atoms with Crippen LogP contribution in [0.4, 0.5) is 0 Å². The van der Waals surface area contributed by atoms with E-state index in [1.54, 1.807) is 5.69 Å². The second kappa shape index (κ2) is 4.01. The van der Waals surface area contributed by atoms with Crippen LogP contribution >= 0.6 is 0 Å². The van der Waals surface area contributed by atoms with Crippen molar-refractivity contribution in [2.24, 2.45) is 11.8 Å². The molecule has 3 aromatic rings. The average Bonchev–Trinajstić information content (AvgIpc) is 3.31. The monoisotopic (exact) mass is 324 g/mol. The van der Waals surface area contributed by atoms with Gasteiger partial charge in [0.1, 0.15) is 11.5 Å². The van der Waals surface area contributed by atoms with Crippen LogP contribution in [0.5, 0.6) is 0 Å². The van der Waals surface area contributed by atoms with Crippen LogP contribution in [-0.4, -0.2) is 0 Å². The molecule has 4 atom stereocenters. The highest BCUT2D eigenvalue weighted by atomic mass is 15.3. The van der Waals surface area contributed by atoms with E-state index in [1.807, 2.05) is 0 Å². The molecule has 5 heterocycles. The molecule has 0 amide bonds. The van der Waals surface area contributed by atoms with Crippen molar-refractivity contribution in [3.05, 3.63) is 83.8 Å². The third kappa shape index (κ3) is 1.20. The van der Waals surface area contributed by atoms with E-state index in [0.29, 0.717) is 11.8 Å². The molecule has 1 spiro atoms. The van der Waals surface area contributed by atoms with Gasteiger partial charge < -0.3 is 0 Å². The molecule has 4 unspecified atom stereocenters. The summed E-state index contributed by atoms with van der Waals surface area (Å²) in [5.74, 6) is 2.19. The van der Waals surface area contributed by atoms with Gasteiger partial charge in [-0.05, 0) is 37.0 Å². The van der Waals surface area contributed by atoms with Crippen molar-refractivity contribution in [1.82, 2.24) is 0 Å². The Morgan fingerprint density at radius 1 is 0.880 bits per heavy atom. The van der Waals surface area contributed by atoms with E-state index in [4.69, 9.17) is 0 Å². The quantitative estimate of drug-likeness (QED) is 0.561. The molecule has 3 aliphatic heterocycles. The molecule has 2 nitrogen and oxygen atoms in total. The van der Waals surface area contributed by atoms with Gasteiger partial charge in [-0.3, -0.25) is 0 Å². The lowest BCUT2D eigenvalue weighted by atomic mass is 9.73. The molecule has 0 radical (unpaired) electrons. The summed E-state index contributed by atoms with van der Waals surface area (Å²) in [7, 11) is 0. The maximum Gasteiger partial charge on any atom is 0.393 e. The number of rotatable bonds is 0. The van der Waals surface area contributed by atoms with Gasteiger partial charge in [0.25, 0.3) is 0 Å². The molecule has 0 N–H and O–H groups in total. The SMILES string of the molecule is c1ccc2c(c1)-c1cccc3[n+]1C21C2C(CCC2c2cccc[n+]21)C3. The van der Waals surface area contributed by atoms with Crippen LogP contribution in [0.15, 0.2) is 66.9 Å². The summed E-state index contributed by atoms with van der Waals surface area (Å²) in [6.45, 7) is 0. The second-order valence-corrected chi connectivity index (χ2v) is 8.18. The number of hydrogen-bond donors (Lipinski definition) is 0. The number of pyridine rings is 2. The van der Waals surface area contributed by atoms with E-state index in [2.05, 4.69) is 76.0 Å². The number of fused-ring (bicyclic) bond motifs is 4. The van der Waals surface area contributed by atoms with Gasteiger partial charge in [-0.1, -0.05) is 18.2 Å². The minimum atomic E-state index is -0.0385. The van der Waals surface area contributed by atoms with E-state index in [0.717, 1.165) is 5.92 Å². The molecule has 1 aliphatic carbocycles. The Hall–Kier alpha value is -2.48. The zero-order chi connectivity index (χ0) is 16.2. The minimum absolute atomic E-state index is 0.0385. The standard InChI is InChI=1S/C23H20N2/c1-2-8-19-17(7-1)21-10-5-6-16-14-15-11-12-18-20-9-3-4-13-24(20)23(19,22(15)18)25(16)21/h1-10,13,15,18,22H,11-12,14H2/q+2. The van der Waals surface area contributed by atoms with Gasteiger partial charge in [0.2, 0.25) is 5.69 Å². The summed E-state index contributed by atoms with van der Waals surface area (Å²) in [5, 5.41) is 0. The second-order valence-electron chi connectivity index (χ2n) is 8.18. The predicted molar refractivity (Wildman–Crippen MR) is 93.8 cm³/mol. The molecular formula is C23H20N2+2. The smallest absolute Gasteiger partial charge is 0.134 e. The lowest BCUT2D eigenvalue weighted by Crippen LogP contribution is -2.77. The summed E-state index contributed by atoms with van der Waals surface area (Å²) in [6, 6.07) is 22.9. The van der Waals surface area contributed by atoms with Crippen LogP contribution < -0.4 is 9.13 Å². The zero-order valence-corrected chi connectivity index (χ0v) is 14.1. The molecular weight excluding hydrogens is 304 g/mol. The van der Waals surface area contributed by atoms with E-state index in [-0.39, 0.29) is 5.66 Å². The lowest BCUT2D eigenvalue weighted by Gasteiger charge is -2.31. The zero-order valence-electron chi connectivity index (χ0n) is 14.1. The first-order chi connectivity index (χ1) is 12.4. The first-order valence-corrected chi connectivity index (χ1v) is 9.56. The van der Waals surface area contributed by atoms with Gasteiger partial charge in [-0.2, -0.15) is 0 Å². The molecule has 4 aliphatic rings. The number of aromatic nitrogens is 2. The first kappa shape index (κ1) is 12.8. The van der Waals surface area contributed by atoms with E-state index in [1.165, 1.54) is 41.8 Å². The van der Waals surface area contributed by atoms with Crippen molar-refractivity contribution in [3.8, 4) is 11.3 Å². The molecule has 0 bridgehead atoms. The summed E-state index contributed by atoms with van der Waals surface area (Å²) < 4.78 is 5.33. The van der Waals surface area contributed by atoms with Gasteiger partial charge in [0, 0.05) is 30.7 Å². The molecule has 1 aromatic carbocycles. The van der Waals surface area contributed by atoms with Crippen LogP contribution in [0.3, 0.4) is 0 Å². The fraction of sp³-hybridized carbons (Fsp3) is 0.304. The fourth-order valence-electron chi connectivity index (χ4n) is 6.79. The normalized spacial score (nSPS) is 32.1. The van der Waals surface area contributed by atoms with Crippen molar-refractivity contribution < 1.29 is 9.13 Å². The van der Waals surface area contributed by atoms with Crippen molar-refractivity contribution in [1.29, 1.82) is 0 Å². The molecule has 7 rings (SSSR count). The molecule has 25 heavy (non-hydrogen) atoms. The van der Waals surface area contributed by atoms with Crippen molar-refractivity contribution >= 4 is 0 Å². The summed E-state index contributed by atoms with van der Waals surface area (Å²) in [6.07, 6.45) is 6.29. The highest BCUT2D eigenvalue weighted by Crippen LogP contribution is 2.59. The largest absolute Gasteiger partial charge is 0.393 e. The number of hydrogen-bond acceptors (Lipinski definition) is 0. The molecule has 120 valence electrons. The Bertz CT molecular complexity index is 1070. The van der Waals surface area contributed by atoms with Crippen LogP contribution in [0.25, 0.3) is 11.3 Å². The Kier molecular flexibility index (Phi) is 2.06. The Morgan fingerprint density at radius 3 is 2.80 bits per heavy atom. The topological polar surface area (TPSA) is 7.76 Å². The van der Waals surface area contributed by atoms with Crippen molar-refractivity contribution in [3.63, 3.8) is 0 Å². The van der Waals surface area contributed by atoms with Crippen molar-refractivity contribution in [2.75, 3.05) is 0 Å². The number of nitrogens with zero attached hydrogens (tertiary/aromatic N) is 2. The molecule has 0 saturated heterocycles. The van der Waals surface area contributed by atoms with Crippen LogP contribution in [0, 0.1) is 11.8 Å². The van der Waals surface area contributed by atoms with Gasteiger partial charge in [-0.25, -0.2) is 0 Å². The molecule has 1 saturated carbocycles. The molecule has 2 aromatic heterocycles. The van der Waals surface area contributed by atoms with E-state index >= 15 is 0 Å². The van der Waals surface area contributed by atoms with E-state index in [9.17, 15) is 0 Å². The van der Waals surface area contributed by atoms with Crippen LogP contribution in [-0.2, 0) is 12.1 Å². The molecule has 2 heteroatoms. The van der Waals surface area contributed by atoms with Crippen molar-refractivity contribution in [2.45, 2.75) is 30.8 Å². The third-order valence-electron chi connectivity index (χ3n) is 7.38. The summed E-state index contributed by atoms with van der Waals surface area (Å²) >= 11 is 0. The summed E-state index contributed by atoms with van der Waals surface area (Å²) in [5.41, 5.74) is 7.37. The number of benzene rings is 1. The van der Waals surface area contributed by atoms with Crippen LogP contribution in [0.1, 0.15) is 35.7 Å². The Balaban J connectivity index is 1.73. The Morgan fingerprint density at radius 2 is 1.80 bits per heavy atom. The molecule has 1 fully saturated rings. The van der Waals surface area contributed by atoms with E-state index < -0.39 is 0 Å². The third-order valence-corrected chi connectivity index (χ3v) is 7.38. The minimum Gasteiger partial charge on any atom is -0.134 e. The van der Waals surface area contributed by atoms with Crippen LogP contribution in [0.2, 0.25) is 0 Å². The maximum atomic E-state index is 2.70. The van der Waals surface area contributed by atoms with Gasteiger partial charge in [0.05, 0.1) is 11.5 Å². The van der Waals surface area contributed by atoms with Gasteiger partial charge in [0.15, 0.2) is 17.6 Å². The highest BCUT2D eigenvalue weighted by Gasteiger charge is 2.77. The lowest BCUT2D eigenvalue weighted by molar-refractivity contribution is -0.981. The summed E-state index contributed by atoms with van der Waals surface area (Å²) in [4.78, 5) is 0. The Labute approximate surface area is 147 Å².